The van der Waals surface area contributed by atoms with E-state index in [4.69, 9.17) is 9.47 Å². The zero-order valence-corrected chi connectivity index (χ0v) is 12.1. The number of esters is 2. The van der Waals surface area contributed by atoms with Crippen LogP contribution in [-0.4, -0.2) is 23.6 Å². The summed E-state index contributed by atoms with van der Waals surface area (Å²) in [6.45, 7) is 7.71. The van der Waals surface area contributed by atoms with E-state index >= 15 is 0 Å². The first-order valence-electron chi connectivity index (χ1n) is 7.23. The van der Waals surface area contributed by atoms with Gasteiger partial charge in [0.2, 0.25) is 0 Å². The summed E-state index contributed by atoms with van der Waals surface area (Å²) in [6, 6.07) is 0. The van der Waals surface area contributed by atoms with Crippen molar-refractivity contribution in [1.29, 1.82) is 0 Å². The molecular weight excluding hydrogens is 244 g/mol. The van der Waals surface area contributed by atoms with Gasteiger partial charge < -0.3 is 9.47 Å². The molecule has 4 aliphatic rings. The molecule has 5 atom stereocenters. The molecule has 2 aliphatic heterocycles. The predicted octanol–water partition coefficient (Wildman–Crippen LogP) is 2.31. The van der Waals surface area contributed by atoms with Gasteiger partial charge in [-0.3, -0.25) is 9.59 Å². The first-order valence-corrected chi connectivity index (χ1v) is 7.23. The number of carbonyl (C=O) groups is 2. The molecule has 2 aliphatic carbocycles. The fourth-order valence-corrected chi connectivity index (χ4v) is 3.86. The minimum Gasteiger partial charge on any atom is -0.457 e. The topological polar surface area (TPSA) is 52.6 Å². The minimum absolute atomic E-state index is 0.0469. The van der Waals surface area contributed by atoms with E-state index in [0.717, 1.165) is 19.3 Å². The zero-order chi connectivity index (χ0) is 14.0. The summed E-state index contributed by atoms with van der Waals surface area (Å²) in [5.41, 5.74) is -1.06. The molecule has 106 valence electrons. The maximum Gasteiger partial charge on any atom is 0.311 e. The lowest BCUT2D eigenvalue weighted by Gasteiger charge is -2.47. The zero-order valence-electron chi connectivity index (χ0n) is 12.1. The molecule has 0 spiro atoms. The summed E-state index contributed by atoms with van der Waals surface area (Å²) in [6.07, 6.45) is 2.36. The first kappa shape index (κ1) is 12.9. The predicted molar refractivity (Wildman–Crippen MR) is 68.2 cm³/mol. The second kappa shape index (κ2) is 3.74. The van der Waals surface area contributed by atoms with Crippen molar-refractivity contribution in [3.63, 3.8) is 0 Å². The van der Waals surface area contributed by atoms with Crippen LogP contribution < -0.4 is 0 Å². The highest BCUT2D eigenvalue weighted by Crippen LogP contribution is 2.61. The molecule has 4 nitrogen and oxygen atoms in total. The highest BCUT2D eigenvalue weighted by atomic mass is 16.6. The SMILES string of the molecule is CCC(C)(C)C(=O)OC1C2CC3CC2C(=O)OC31C. The Hall–Kier alpha value is -1.06. The van der Waals surface area contributed by atoms with Crippen LogP contribution in [0.3, 0.4) is 0 Å². The maximum atomic E-state index is 12.3. The van der Waals surface area contributed by atoms with Crippen molar-refractivity contribution in [2.24, 2.45) is 23.2 Å². The molecule has 19 heavy (non-hydrogen) atoms. The second-order valence-electron chi connectivity index (χ2n) is 7.11. The normalized spacial score (nSPS) is 43.5. The lowest BCUT2D eigenvalue weighted by atomic mass is 9.74. The largest absolute Gasteiger partial charge is 0.457 e. The number of fused-ring (bicyclic) bond motifs is 1. The molecular formula is C15H22O4. The van der Waals surface area contributed by atoms with Gasteiger partial charge in [0.1, 0.15) is 11.7 Å². The van der Waals surface area contributed by atoms with Gasteiger partial charge in [0, 0.05) is 11.8 Å². The molecule has 2 saturated carbocycles. The minimum atomic E-state index is -0.587. The molecule has 0 N–H and O–H groups in total. The molecule has 0 radical (unpaired) electrons. The smallest absolute Gasteiger partial charge is 0.311 e. The number of ether oxygens (including phenoxy) is 2. The highest BCUT2D eigenvalue weighted by Gasteiger charge is 2.69. The van der Waals surface area contributed by atoms with Gasteiger partial charge in [0.15, 0.2) is 0 Å². The van der Waals surface area contributed by atoms with E-state index in [1.54, 1.807) is 0 Å². The third-order valence-corrected chi connectivity index (χ3v) is 5.67. The Labute approximate surface area is 113 Å². The van der Waals surface area contributed by atoms with Crippen molar-refractivity contribution >= 4 is 11.9 Å². The van der Waals surface area contributed by atoms with Crippen LogP contribution in [0.1, 0.15) is 47.0 Å². The fraction of sp³-hybridized carbons (Fsp3) is 0.867. The molecule has 4 rings (SSSR count). The Bertz CT molecular complexity index is 441. The number of hydrogen-bond donors (Lipinski definition) is 0. The van der Waals surface area contributed by atoms with Crippen LogP contribution in [0.25, 0.3) is 0 Å². The van der Waals surface area contributed by atoms with E-state index in [1.165, 1.54) is 0 Å². The van der Waals surface area contributed by atoms with Gasteiger partial charge in [-0.1, -0.05) is 6.92 Å². The van der Waals surface area contributed by atoms with E-state index in [9.17, 15) is 9.59 Å². The maximum absolute atomic E-state index is 12.3. The van der Waals surface area contributed by atoms with E-state index < -0.39 is 11.0 Å². The molecule has 0 aromatic rings. The quantitative estimate of drug-likeness (QED) is 0.736. The van der Waals surface area contributed by atoms with Gasteiger partial charge in [-0.2, -0.15) is 0 Å². The summed E-state index contributed by atoms with van der Waals surface area (Å²) in [4.78, 5) is 24.1. The molecule has 4 heteroatoms. The van der Waals surface area contributed by atoms with Crippen molar-refractivity contribution in [3.8, 4) is 0 Å². The van der Waals surface area contributed by atoms with Crippen LogP contribution in [0.15, 0.2) is 0 Å². The van der Waals surface area contributed by atoms with Crippen LogP contribution in [0.5, 0.6) is 0 Å². The second-order valence-corrected chi connectivity index (χ2v) is 7.11. The standard InChI is InChI=1S/C15H22O4/c1-5-14(2,3)13(17)18-11-9-6-8-7-10(9)12(16)19-15(8,11)4/h8-11H,5-7H2,1-4H3. The molecule has 4 fully saturated rings. The van der Waals surface area contributed by atoms with Gasteiger partial charge in [-0.15, -0.1) is 0 Å². The summed E-state index contributed by atoms with van der Waals surface area (Å²) in [7, 11) is 0. The molecule has 4 bridgehead atoms. The van der Waals surface area contributed by atoms with Crippen molar-refractivity contribution in [3.05, 3.63) is 0 Å². The summed E-state index contributed by atoms with van der Waals surface area (Å²) >= 11 is 0. The lowest BCUT2D eigenvalue weighted by Crippen LogP contribution is -2.59. The van der Waals surface area contributed by atoms with E-state index in [2.05, 4.69) is 0 Å². The Balaban J connectivity index is 1.81. The van der Waals surface area contributed by atoms with E-state index in [-0.39, 0.29) is 29.9 Å². The lowest BCUT2D eigenvalue weighted by molar-refractivity contribution is -0.224. The highest BCUT2D eigenvalue weighted by molar-refractivity contribution is 5.79. The molecule has 0 amide bonds. The van der Waals surface area contributed by atoms with E-state index in [0.29, 0.717) is 5.92 Å². The van der Waals surface area contributed by atoms with Crippen LogP contribution in [0, 0.1) is 23.2 Å². The molecule has 2 saturated heterocycles. The van der Waals surface area contributed by atoms with Gasteiger partial charge in [-0.25, -0.2) is 0 Å². The first-order chi connectivity index (χ1) is 8.79. The molecule has 2 heterocycles. The van der Waals surface area contributed by atoms with Crippen LogP contribution in [0.4, 0.5) is 0 Å². The van der Waals surface area contributed by atoms with E-state index in [1.807, 2.05) is 27.7 Å². The van der Waals surface area contributed by atoms with Crippen molar-refractivity contribution in [2.75, 3.05) is 0 Å². The summed E-state index contributed by atoms with van der Waals surface area (Å²) in [5.74, 6) is 0.226. The fourth-order valence-electron chi connectivity index (χ4n) is 3.86. The Morgan fingerprint density at radius 2 is 2.16 bits per heavy atom. The van der Waals surface area contributed by atoms with Crippen LogP contribution in [-0.2, 0) is 19.1 Å². The van der Waals surface area contributed by atoms with Crippen molar-refractivity contribution < 1.29 is 19.1 Å². The third-order valence-electron chi connectivity index (χ3n) is 5.67. The van der Waals surface area contributed by atoms with Crippen molar-refractivity contribution in [1.82, 2.24) is 0 Å². The molecule has 0 aromatic carbocycles. The third kappa shape index (κ3) is 1.58. The summed E-state index contributed by atoms with van der Waals surface area (Å²) in [5, 5.41) is 0. The monoisotopic (exact) mass is 266 g/mol. The summed E-state index contributed by atoms with van der Waals surface area (Å²) < 4.78 is 11.3. The van der Waals surface area contributed by atoms with Gasteiger partial charge in [-0.05, 0) is 40.0 Å². The van der Waals surface area contributed by atoms with Gasteiger partial charge in [0.05, 0.1) is 11.3 Å². The molecule has 5 unspecified atom stereocenters. The average Bonchev–Trinajstić information content (AvgIpc) is 2.85. The van der Waals surface area contributed by atoms with Gasteiger partial charge >= 0.3 is 11.9 Å². The number of rotatable bonds is 3. The average molecular weight is 266 g/mol. The van der Waals surface area contributed by atoms with Gasteiger partial charge in [0.25, 0.3) is 0 Å². The van der Waals surface area contributed by atoms with Crippen LogP contribution in [0.2, 0.25) is 0 Å². The Morgan fingerprint density at radius 1 is 1.47 bits per heavy atom. The van der Waals surface area contributed by atoms with Crippen molar-refractivity contribution in [2.45, 2.75) is 58.7 Å². The Kier molecular flexibility index (Phi) is 2.55. The number of carbonyl (C=O) groups excluding carboxylic acids is 2. The molecule has 0 aromatic heterocycles. The number of hydrogen-bond acceptors (Lipinski definition) is 4. The Morgan fingerprint density at radius 3 is 2.74 bits per heavy atom. The van der Waals surface area contributed by atoms with Crippen LogP contribution >= 0.6 is 0 Å².